The van der Waals surface area contributed by atoms with Gasteiger partial charge < -0.3 is 10.2 Å². The Labute approximate surface area is 177 Å². The summed E-state index contributed by atoms with van der Waals surface area (Å²) in [6, 6.07) is 15.6. The van der Waals surface area contributed by atoms with Crippen LogP contribution < -0.4 is 5.32 Å². The van der Waals surface area contributed by atoms with E-state index in [9.17, 15) is 9.59 Å². The number of carbonyl (C=O) groups excluding carboxylic acids is 2. The maximum atomic E-state index is 12.8. The molecule has 0 aliphatic heterocycles. The van der Waals surface area contributed by atoms with E-state index in [4.69, 9.17) is 0 Å². The lowest BCUT2D eigenvalue weighted by atomic mass is 10.1. The van der Waals surface area contributed by atoms with Crippen molar-refractivity contribution >= 4 is 17.5 Å². The molecule has 6 nitrogen and oxygen atoms in total. The van der Waals surface area contributed by atoms with E-state index in [1.807, 2.05) is 80.9 Å². The highest BCUT2D eigenvalue weighted by Gasteiger charge is 2.19. The minimum Gasteiger partial charge on any atom is -0.336 e. The predicted octanol–water partition coefficient (Wildman–Crippen LogP) is 3.75. The van der Waals surface area contributed by atoms with Crippen molar-refractivity contribution in [3.05, 3.63) is 76.6 Å². The third-order valence-electron chi connectivity index (χ3n) is 5.46. The zero-order chi connectivity index (χ0) is 21.8. The first-order valence-electron chi connectivity index (χ1n) is 9.98. The largest absolute Gasteiger partial charge is 0.336 e. The quantitative estimate of drug-likeness (QED) is 0.680. The van der Waals surface area contributed by atoms with Crippen LogP contribution >= 0.6 is 0 Å². The van der Waals surface area contributed by atoms with Crippen LogP contribution in [0, 0.1) is 27.7 Å². The van der Waals surface area contributed by atoms with Crippen molar-refractivity contribution in [2.45, 2.75) is 34.1 Å². The van der Waals surface area contributed by atoms with Gasteiger partial charge in [0.1, 0.15) is 0 Å². The van der Waals surface area contributed by atoms with E-state index >= 15 is 0 Å². The van der Waals surface area contributed by atoms with Crippen LogP contribution in [-0.4, -0.2) is 40.1 Å². The second kappa shape index (κ2) is 8.95. The van der Waals surface area contributed by atoms with Gasteiger partial charge in [0.15, 0.2) is 0 Å². The van der Waals surface area contributed by atoms with Crippen molar-refractivity contribution in [2.24, 2.45) is 0 Å². The molecule has 1 heterocycles. The van der Waals surface area contributed by atoms with Gasteiger partial charge in [-0.25, -0.2) is 4.68 Å². The molecule has 0 aliphatic carbocycles. The van der Waals surface area contributed by atoms with E-state index < -0.39 is 0 Å². The minimum atomic E-state index is -0.215. The maximum absolute atomic E-state index is 12.8. The van der Waals surface area contributed by atoms with E-state index in [1.165, 1.54) is 4.90 Å². The molecule has 3 rings (SSSR count). The molecular formula is C24H28N4O2. The van der Waals surface area contributed by atoms with E-state index in [0.29, 0.717) is 0 Å². The van der Waals surface area contributed by atoms with Gasteiger partial charge in [0.2, 0.25) is 11.8 Å². The molecule has 2 aromatic carbocycles. The smallest absolute Gasteiger partial charge is 0.243 e. The highest BCUT2D eigenvalue weighted by atomic mass is 16.2. The van der Waals surface area contributed by atoms with E-state index in [1.54, 1.807) is 7.05 Å². The standard InChI is InChI=1S/C24H28N4O2/c1-16-10-9-13-22(17(16)2)25-23(29)15-27(5)24(30)14-21-18(3)26-28(19(21)4)20-11-7-6-8-12-20/h6-13H,14-15H2,1-5H3,(H,25,29). The molecule has 156 valence electrons. The van der Waals surface area contributed by atoms with E-state index in [-0.39, 0.29) is 24.8 Å². The fourth-order valence-electron chi connectivity index (χ4n) is 3.42. The SMILES string of the molecule is Cc1cccc(NC(=O)CN(C)C(=O)Cc2c(C)nn(-c3ccccc3)c2C)c1C. The van der Waals surface area contributed by atoms with Crippen LogP contribution in [0.2, 0.25) is 0 Å². The second-order valence-corrected chi connectivity index (χ2v) is 7.62. The van der Waals surface area contributed by atoms with Crippen molar-refractivity contribution in [1.82, 2.24) is 14.7 Å². The Hall–Kier alpha value is -3.41. The average Bonchev–Trinajstić information content (AvgIpc) is 3.00. The van der Waals surface area contributed by atoms with Crippen molar-refractivity contribution in [3.8, 4) is 5.69 Å². The van der Waals surface area contributed by atoms with Gasteiger partial charge in [0, 0.05) is 24.0 Å². The first-order chi connectivity index (χ1) is 14.3. The molecule has 0 radical (unpaired) electrons. The van der Waals surface area contributed by atoms with E-state index in [0.717, 1.165) is 39.5 Å². The van der Waals surface area contributed by atoms with Gasteiger partial charge in [0.05, 0.1) is 24.3 Å². The number of benzene rings is 2. The molecule has 6 heteroatoms. The maximum Gasteiger partial charge on any atom is 0.243 e. The molecule has 2 amide bonds. The number of hydrogen-bond acceptors (Lipinski definition) is 3. The Balaban J connectivity index is 1.67. The number of hydrogen-bond donors (Lipinski definition) is 1. The lowest BCUT2D eigenvalue weighted by Crippen LogP contribution is -2.36. The number of nitrogens with zero attached hydrogens (tertiary/aromatic N) is 3. The molecule has 0 aliphatic rings. The summed E-state index contributed by atoms with van der Waals surface area (Å²) in [5.41, 5.74) is 6.51. The number of anilines is 1. The fourth-order valence-corrected chi connectivity index (χ4v) is 3.42. The van der Waals surface area contributed by atoms with Crippen LogP contribution in [0.15, 0.2) is 48.5 Å². The van der Waals surface area contributed by atoms with Gasteiger partial charge in [0.25, 0.3) is 0 Å². The Morgan fingerprint density at radius 3 is 2.40 bits per heavy atom. The molecule has 0 unspecified atom stereocenters. The summed E-state index contributed by atoms with van der Waals surface area (Å²) in [6.45, 7) is 7.83. The molecular weight excluding hydrogens is 376 g/mol. The molecule has 1 aromatic heterocycles. The number of aromatic nitrogens is 2. The molecule has 0 fully saturated rings. The highest BCUT2D eigenvalue weighted by molar-refractivity contribution is 5.95. The Morgan fingerprint density at radius 2 is 1.70 bits per heavy atom. The van der Waals surface area contributed by atoms with Crippen LogP contribution in [0.1, 0.15) is 28.1 Å². The summed E-state index contributed by atoms with van der Waals surface area (Å²) < 4.78 is 1.85. The molecule has 30 heavy (non-hydrogen) atoms. The Morgan fingerprint density at radius 1 is 1.00 bits per heavy atom. The van der Waals surface area contributed by atoms with Gasteiger partial charge in [-0.3, -0.25) is 9.59 Å². The summed E-state index contributed by atoms with van der Waals surface area (Å²) in [5, 5.41) is 7.49. The number of rotatable bonds is 6. The summed E-state index contributed by atoms with van der Waals surface area (Å²) >= 11 is 0. The molecule has 0 saturated carbocycles. The molecule has 0 atom stereocenters. The van der Waals surface area contributed by atoms with Crippen LogP contribution in [-0.2, 0) is 16.0 Å². The van der Waals surface area contributed by atoms with Crippen molar-refractivity contribution in [3.63, 3.8) is 0 Å². The van der Waals surface area contributed by atoms with Gasteiger partial charge in [-0.2, -0.15) is 5.10 Å². The summed E-state index contributed by atoms with van der Waals surface area (Å²) in [7, 11) is 1.65. The topological polar surface area (TPSA) is 67.2 Å². The van der Waals surface area contributed by atoms with Crippen molar-refractivity contribution in [2.75, 3.05) is 18.9 Å². The lowest BCUT2D eigenvalue weighted by Gasteiger charge is -2.18. The molecule has 0 saturated heterocycles. The van der Waals surface area contributed by atoms with Crippen molar-refractivity contribution < 1.29 is 9.59 Å². The van der Waals surface area contributed by atoms with E-state index in [2.05, 4.69) is 10.4 Å². The van der Waals surface area contributed by atoms with Gasteiger partial charge in [-0.15, -0.1) is 0 Å². The zero-order valence-electron chi connectivity index (χ0n) is 18.2. The predicted molar refractivity (Wildman–Crippen MR) is 119 cm³/mol. The third kappa shape index (κ3) is 4.59. The summed E-state index contributed by atoms with van der Waals surface area (Å²) in [5.74, 6) is -0.335. The molecule has 3 aromatic rings. The number of nitrogens with one attached hydrogen (secondary N) is 1. The second-order valence-electron chi connectivity index (χ2n) is 7.62. The zero-order valence-corrected chi connectivity index (χ0v) is 18.2. The van der Waals surface area contributed by atoms with Gasteiger partial charge in [-0.05, 0) is 57.0 Å². The minimum absolute atomic E-state index is 0.00284. The molecule has 0 spiro atoms. The number of aryl methyl sites for hydroxylation is 2. The number of amides is 2. The Kier molecular flexibility index (Phi) is 6.35. The lowest BCUT2D eigenvalue weighted by molar-refractivity contribution is -0.132. The molecule has 0 bridgehead atoms. The molecule has 1 N–H and O–H groups in total. The van der Waals surface area contributed by atoms with Gasteiger partial charge >= 0.3 is 0 Å². The first kappa shape index (κ1) is 21.3. The fraction of sp³-hybridized carbons (Fsp3) is 0.292. The third-order valence-corrected chi connectivity index (χ3v) is 5.46. The first-order valence-corrected chi connectivity index (χ1v) is 9.98. The normalized spacial score (nSPS) is 10.7. The summed E-state index contributed by atoms with van der Waals surface area (Å²) in [4.78, 5) is 26.7. The highest BCUT2D eigenvalue weighted by Crippen LogP contribution is 2.20. The van der Waals surface area contributed by atoms with Gasteiger partial charge in [-0.1, -0.05) is 30.3 Å². The van der Waals surface area contributed by atoms with Crippen LogP contribution in [0.4, 0.5) is 5.69 Å². The average molecular weight is 405 g/mol. The number of likely N-dealkylation sites (N-methyl/N-ethyl adjacent to an activating group) is 1. The summed E-state index contributed by atoms with van der Waals surface area (Å²) in [6.07, 6.45) is 0.206. The monoisotopic (exact) mass is 404 g/mol. The number of para-hydroxylation sites is 1. The van der Waals surface area contributed by atoms with Crippen LogP contribution in [0.3, 0.4) is 0 Å². The van der Waals surface area contributed by atoms with Crippen LogP contribution in [0.25, 0.3) is 5.69 Å². The van der Waals surface area contributed by atoms with Crippen molar-refractivity contribution in [1.29, 1.82) is 0 Å². The van der Waals surface area contributed by atoms with Crippen LogP contribution in [0.5, 0.6) is 0 Å². The number of carbonyl (C=O) groups is 2. The Bertz CT molecular complexity index is 1070.